The van der Waals surface area contributed by atoms with E-state index in [2.05, 4.69) is 10.6 Å². The number of nitrogens with one attached hydrogen (secondary N) is 2. The van der Waals surface area contributed by atoms with Gasteiger partial charge in [-0.05, 0) is 48.9 Å². The van der Waals surface area contributed by atoms with Crippen LogP contribution in [-0.2, 0) is 11.3 Å². The maximum absolute atomic E-state index is 12.7. The van der Waals surface area contributed by atoms with E-state index in [4.69, 9.17) is 9.15 Å². The molecule has 0 fully saturated rings. The van der Waals surface area contributed by atoms with Crippen LogP contribution in [0.15, 0.2) is 77.0 Å². The van der Waals surface area contributed by atoms with E-state index in [1.165, 1.54) is 12.3 Å². The Hall–Kier alpha value is -3.80. The molecule has 3 aromatic rings. The third-order valence-corrected chi connectivity index (χ3v) is 4.21. The summed E-state index contributed by atoms with van der Waals surface area (Å²) < 4.78 is 10.4. The molecular formula is C23H22N2O4. The summed E-state index contributed by atoms with van der Waals surface area (Å²) in [6.45, 7) is 2.20. The molecule has 29 heavy (non-hydrogen) atoms. The lowest BCUT2D eigenvalue weighted by atomic mass is 10.1. The van der Waals surface area contributed by atoms with E-state index in [-0.39, 0.29) is 11.6 Å². The molecule has 6 heteroatoms. The minimum Gasteiger partial charge on any atom is -0.497 e. The SMILES string of the molecule is COc1ccc(CNC(=O)/C(=C/c2ccco2)NC(=O)c2cccc(C)c2)cc1. The maximum Gasteiger partial charge on any atom is 0.268 e. The van der Waals surface area contributed by atoms with Crippen LogP contribution >= 0.6 is 0 Å². The Bertz CT molecular complexity index is 1010. The molecule has 0 aliphatic carbocycles. The number of benzene rings is 2. The van der Waals surface area contributed by atoms with Gasteiger partial charge in [0.2, 0.25) is 0 Å². The van der Waals surface area contributed by atoms with Crippen LogP contribution in [-0.4, -0.2) is 18.9 Å². The maximum atomic E-state index is 12.7. The van der Waals surface area contributed by atoms with Crippen LogP contribution < -0.4 is 15.4 Å². The van der Waals surface area contributed by atoms with Gasteiger partial charge in [-0.3, -0.25) is 9.59 Å². The van der Waals surface area contributed by atoms with Gasteiger partial charge in [0.05, 0.1) is 13.4 Å². The van der Waals surface area contributed by atoms with Gasteiger partial charge in [-0.25, -0.2) is 0 Å². The number of hydrogen-bond donors (Lipinski definition) is 2. The molecule has 1 aromatic heterocycles. The molecule has 0 aliphatic rings. The van der Waals surface area contributed by atoms with E-state index in [0.29, 0.717) is 17.9 Å². The second-order valence-electron chi connectivity index (χ2n) is 6.43. The molecule has 0 spiro atoms. The average molecular weight is 390 g/mol. The van der Waals surface area contributed by atoms with E-state index in [0.717, 1.165) is 16.9 Å². The molecule has 0 atom stereocenters. The topological polar surface area (TPSA) is 80.6 Å². The fraction of sp³-hybridized carbons (Fsp3) is 0.130. The summed E-state index contributed by atoms with van der Waals surface area (Å²) >= 11 is 0. The molecule has 0 radical (unpaired) electrons. The summed E-state index contributed by atoms with van der Waals surface area (Å²) in [4.78, 5) is 25.3. The highest BCUT2D eigenvalue weighted by molar-refractivity contribution is 6.05. The number of ether oxygens (including phenoxy) is 1. The predicted octanol–water partition coefficient (Wildman–Crippen LogP) is 3.68. The molecule has 0 aliphatic heterocycles. The van der Waals surface area contributed by atoms with Gasteiger partial charge < -0.3 is 19.8 Å². The zero-order chi connectivity index (χ0) is 20.6. The van der Waals surface area contributed by atoms with Crippen LogP contribution in [0.4, 0.5) is 0 Å². The first kappa shape index (κ1) is 19.9. The van der Waals surface area contributed by atoms with Gasteiger partial charge in [0.15, 0.2) is 0 Å². The first-order chi connectivity index (χ1) is 14.0. The lowest BCUT2D eigenvalue weighted by molar-refractivity contribution is -0.117. The van der Waals surface area contributed by atoms with Crippen molar-refractivity contribution in [3.63, 3.8) is 0 Å². The van der Waals surface area contributed by atoms with Crippen LogP contribution in [0.3, 0.4) is 0 Å². The first-order valence-corrected chi connectivity index (χ1v) is 9.09. The molecule has 2 N–H and O–H groups in total. The van der Waals surface area contributed by atoms with Gasteiger partial charge in [-0.2, -0.15) is 0 Å². The lowest BCUT2D eigenvalue weighted by Gasteiger charge is -2.11. The third-order valence-electron chi connectivity index (χ3n) is 4.21. The van der Waals surface area contributed by atoms with Gasteiger partial charge >= 0.3 is 0 Å². The molecular weight excluding hydrogens is 368 g/mol. The number of carbonyl (C=O) groups excluding carboxylic acids is 2. The van der Waals surface area contributed by atoms with Gasteiger partial charge in [-0.15, -0.1) is 0 Å². The fourth-order valence-electron chi connectivity index (χ4n) is 2.68. The van der Waals surface area contributed by atoms with Crippen LogP contribution in [0.25, 0.3) is 6.08 Å². The van der Waals surface area contributed by atoms with Crippen molar-refractivity contribution in [3.8, 4) is 5.75 Å². The second-order valence-corrected chi connectivity index (χ2v) is 6.43. The number of hydrogen-bond acceptors (Lipinski definition) is 4. The first-order valence-electron chi connectivity index (χ1n) is 9.09. The van der Waals surface area contributed by atoms with Crippen LogP contribution in [0.5, 0.6) is 5.75 Å². The molecule has 0 saturated heterocycles. The highest BCUT2D eigenvalue weighted by atomic mass is 16.5. The molecule has 0 bridgehead atoms. The Balaban J connectivity index is 1.74. The van der Waals surface area contributed by atoms with Crippen LogP contribution in [0, 0.1) is 6.92 Å². The van der Waals surface area contributed by atoms with Crippen molar-refractivity contribution >= 4 is 17.9 Å². The third kappa shape index (κ3) is 5.59. The normalized spacial score (nSPS) is 11.0. The van der Waals surface area contributed by atoms with Crippen molar-refractivity contribution in [1.29, 1.82) is 0 Å². The lowest BCUT2D eigenvalue weighted by Crippen LogP contribution is -2.34. The summed E-state index contributed by atoms with van der Waals surface area (Å²) in [5.41, 5.74) is 2.43. The molecule has 2 aromatic carbocycles. The van der Waals surface area contributed by atoms with Gasteiger partial charge in [0.1, 0.15) is 17.2 Å². The van der Waals surface area contributed by atoms with Gasteiger partial charge in [0, 0.05) is 18.2 Å². The zero-order valence-corrected chi connectivity index (χ0v) is 16.3. The number of rotatable bonds is 7. The van der Waals surface area contributed by atoms with Crippen molar-refractivity contribution in [2.45, 2.75) is 13.5 Å². The number of methoxy groups -OCH3 is 1. The van der Waals surface area contributed by atoms with Crippen LogP contribution in [0.1, 0.15) is 27.2 Å². The molecule has 6 nitrogen and oxygen atoms in total. The van der Waals surface area contributed by atoms with E-state index in [1.54, 1.807) is 37.4 Å². The monoisotopic (exact) mass is 390 g/mol. The summed E-state index contributed by atoms with van der Waals surface area (Å²) in [7, 11) is 1.60. The minimum absolute atomic E-state index is 0.0972. The van der Waals surface area contributed by atoms with Gasteiger partial charge in [0.25, 0.3) is 11.8 Å². The molecule has 148 valence electrons. The summed E-state index contributed by atoms with van der Waals surface area (Å²) in [5, 5.41) is 5.50. The largest absolute Gasteiger partial charge is 0.497 e. The van der Waals surface area contributed by atoms with Crippen LogP contribution in [0.2, 0.25) is 0 Å². The van der Waals surface area contributed by atoms with E-state index in [1.807, 2.05) is 37.3 Å². The predicted molar refractivity (Wildman–Crippen MR) is 110 cm³/mol. The smallest absolute Gasteiger partial charge is 0.268 e. The molecule has 0 unspecified atom stereocenters. The average Bonchev–Trinajstić information content (AvgIpc) is 3.25. The van der Waals surface area contributed by atoms with Crippen molar-refractivity contribution in [1.82, 2.24) is 10.6 Å². The van der Waals surface area contributed by atoms with E-state index >= 15 is 0 Å². The number of carbonyl (C=O) groups is 2. The summed E-state index contributed by atoms with van der Waals surface area (Å²) in [5.74, 6) is 0.414. The minimum atomic E-state index is -0.418. The van der Waals surface area contributed by atoms with Crippen molar-refractivity contribution in [3.05, 3.63) is 95.1 Å². The summed E-state index contributed by atoms with van der Waals surface area (Å²) in [6.07, 6.45) is 3.00. The van der Waals surface area contributed by atoms with Crippen molar-refractivity contribution in [2.24, 2.45) is 0 Å². The molecule has 3 rings (SSSR count). The standard InChI is InChI=1S/C23H22N2O4/c1-16-5-3-6-18(13-16)22(26)25-21(14-20-7-4-12-29-20)23(27)24-15-17-8-10-19(28-2)11-9-17/h3-14H,15H2,1-2H3,(H,24,27)(H,25,26)/b21-14-. The Kier molecular flexibility index (Phi) is 6.47. The van der Waals surface area contributed by atoms with Crippen molar-refractivity contribution < 1.29 is 18.7 Å². The van der Waals surface area contributed by atoms with Gasteiger partial charge in [-0.1, -0.05) is 29.8 Å². The molecule has 2 amide bonds. The Morgan fingerprint density at radius 3 is 2.52 bits per heavy atom. The zero-order valence-electron chi connectivity index (χ0n) is 16.3. The van der Waals surface area contributed by atoms with Crippen molar-refractivity contribution in [2.75, 3.05) is 7.11 Å². The van der Waals surface area contributed by atoms with E-state index in [9.17, 15) is 9.59 Å². The Morgan fingerprint density at radius 1 is 1.07 bits per heavy atom. The number of amides is 2. The second kappa shape index (κ2) is 9.41. The number of furan rings is 1. The van der Waals surface area contributed by atoms with E-state index < -0.39 is 5.91 Å². The summed E-state index contributed by atoms with van der Waals surface area (Å²) in [6, 6.07) is 17.9. The quantitative estimate of drug-likeness (QED) is 0.603. The highest BCUT2D eigenvalue weighted by Gasteiger charge is 2.15. The molecule has 1 heterocycles. The molecule has 0 saturated carbocycles. The number of aryl methyl sites for hydroxylation is 1. The highest BCUT2D eigenvalue weighted by Crippen LogP contribution is 2.12. The fourth-order valence-corrected chi connectivity index (χ4v) is 2.68. The Labute approximate surface area is 169 Å². The Morgan fingerprint density at radius 2 is 1.86 bits per heavy atom.